The van der Waals surface area contributed by atoms with Crippen molar-refractivity contribution in [3.8, 4) is 0 Å². The first-order valence-corrected chi connectivity index (χ1v) is 9.43. The van der Waals surface area contributed by atoms with Gasteiger partial charge in [-0.05, 0) is 36.4 Å². The van der Waals surface area contributed by atoms with Crippen LogP contribution in [0.15, 0.2) is 48.9 Å². The Balaban J connectivity index is 1.39. The van der Waals surface area contributed by atoms with Gasteiger partial charge in [0.25, 0.3) is 0 Å². The number of aromatic nitrogens is 3. The van der Waals surface area contributed by atoms with E-state index in [1.807, 2.05) is 48.2 Å². The number of aryl methyl sites for hydroxylation is 2. The zero-order valence-corrected chi connectivity index (χ0v) is 15.8. The zero-order valence-electron chi connectivity index (χ0n) is 15.8. The summed E-state index contributed by atoms with van der Waals surface area (Å²) < 4.78 is 1.86. The minimum Gasteiger partial charge on any atom is -0.336 e. The summed E-state index contributed by atoms with van der Waals surface area (Å²) in [5.41, 5.74) is 2.34. The molecule has 1 fully saturated rings. The van der Waals surface area contributed by atoms with Gasteiger partial charge in [0.1, 0.15) is 0 Å². The molecule has 1 aromatic carbocycles. The van der Waals surface area contributed by atoms with E-state index in [0.717, 1.165) is 25.1 Å². The molecule has 1 aliphatic heterocycles. The molecule has 1 saturated heterocycles. The third kappa shape index (κ3) is 3.45. The van der Waals surface area contributed by atoms with Crippen molar-refractivity contribution in [1.82, 2.24) is 25.0 Å². The molecule has 0 aliphatic carbocycles. The molecule has 6 heteroatoms. The van der Waals surface area contributed by atoms with E-state index in [9.17, 15) is 4.79 Å². The van der Waals surface area contributed by atoms with Crippen LogP contribution in [0.4, 0.5) is 0 Å². The first-order valence-electron chi connectivity index (χ1n) is 9.43. The number of benzene rings is 1. The number of fused-ring (bicyclic) bond motifs is 1. The summed E-state index contributed by atoms with van der Waals surface area (Å²) in [5.74, 6) is 0.178. The molecule has 140 valence electrons. The van der Waals surface area contributed by atoms with E-state index in [1.54, 1.807) is 6.20 Å². The van der Waals surface area contributed by atoms with Crippen LogP contribution >= 0.6 is 0 Å². The largest absolute Gasteiger partial charge is 0.336 e. The SMILES string of the molecule is CN1C(=O)C[C@H](NCCCc2cncc3ccccc23)[C@H]1c1ccnn1C. The fraction of sp³-hybridized carbons (Fsp3) is 0.381. The number of rotatable bonds is 6. The summed E-state index contributed by atoms with van der Waals surface area (Å²) in [6.07, 6.45) is 8.17. The van der Waals surface area contributed by atoms with Crippen molar-refractivity contribution < 1.29 is 4.79 Å². The second-order valence-corrected chi connectivity index (χ2v) is 7.22. The Morgan fingerprint density at radius 3 is 2.85 bits per heavy atom. The van der Waals surface area contributed by atoms with Gasteiger partial charge in [-0.1, -0.05) is 24.3 Å². The molecule has 0 bridgehead atoms. The van der Waals surface area contributed by atoms with Crippen LogP contribution in [0.2, 0.25) is 0 Å². The van der Waals surface area contributed by atoms with Gasteiger partial charge in [-0.3, -0.25) is 14.5 Å². The Hall–Kier alpha value is -2.73. The molecule has 3 aromatic rings. The number of nitrogens with zero attached hydrogens (tertiary/aromatic N) is 4. The summed E-state index contributed by atoms with van der Waals surface area (Å²) >= 11 is 0. The monoisotopic (exact) mass is 363 g/mol. The number of carbonyl (C=O) groups is 1. The molecular weight excluding hydrogens is 338 g/mol. The Bertz CT molecular complexity index is 945. The van der Waals surface area contributed by atoms with E-state index in [1.165, 1.54) is 16.3 Å². The minimum atomic E-state index is 0.0317. The molecular formula is C21H25N5O. The highest BCUT2D eigenvalue weighted by Crippen LogP contribution is 2.31. The van der Waals surface area contributed by atoms with Gasteiger partial charge in [0.15, 0.2) is 0 Å². The quantitative estimate of drug-likeness (QED) is 0.684. The summed E-state index contributed by atoms with van der Waals surface area (Å²) in [5, 5.41) is 10.3. The predicted octanol–water partition coefficient (Wildman–Crippen LogP) is 2.46. The lowest BCUT2D eigenvalue weighted by atomic mass is 10.0. The maximum absolute atomic E-state index is 12.3. The second kappa shape index (κ2) is 7.48. The number of amides is 1. The van der Waals surface area contributed by atoms with E-state index < -0.39 is 0 Å². The van der Waals surface area contributed by atoms with E-state index in [4.69, 9.17) is 0 Å². The van der Waals surface area contributed by atoms with Crippen molar-refractivity contribution in [3.05, 3.63) is 60.2 Å². The molecule has 4 rings (SSSR count). The lowest BCUT2D eigenvalue weighted by molar-refractivity contribution is -0.127. The Labute approximate surface area is 159 Å². The topological polar surface area (TPSA) is 63.1 Å². The molecule has 1 aliphatic rings. The fourth-order valence-electron chi connectivity index (χ4n) is 4.08. The summed E-state index contributed by atoms with van der Waals surface area (Å²) in [6.45, 7) is 0.864. The average Bonchev–Trinajstić information content (AvgIpc) is 3.21. The van der Waals surface area contributed by atoms with Gasteiger partial charge in [0, 0.05) is 50.5 Å². The van der Waals surface area contributed by atoms with Crippen LogP contribution < -0.4 is 5.32 Å². The van der Waals surface area contributed by atoms with Crippen molar-refractivity contribution in [2.24, 2.45) is 7.05 Å². The highest BCUT2D eigenvalue weighted by molar-refractivity contribution is 5.84. The fourth-order valence-corrected chi connectivity index (χ4v) is 4.08. The van der Waals surface area contributed by atoms with Crippen LogP contribution in [0.3, 0.4) is 0 Å². The van der Waals surface area contributed by atoms with Gasteiger partial charge in [0.2, 0.25) is 5.91 Å². The highest BCUT2D eigenvalue weighted by atomic mass is 16.2. The summed E-state index contributed by atoms with van der Waals surface area (Å²) in [6, 6.07) is 10.5. The van der Waals surface area contributed by atoms with Gasteiger partial charge in [-0.2, -0.15) is 5.10 Å². The third-order valence-electron chi connectivity index (χ3n) is 5.53. The molecule has 2 atom stereocenters. The van der Waals surface area contributed by atoms with Crippen LogP contribution in [0.25, 0.3) is 10.8 Å². The lowest BCUT2D eigenvalue weighted by Crippen LogP contribution is -2.36. The van der Waals surface area contributed by atoms with E-state index in [-0.39, 0.29) is 18.0 Å². The van der Waals surface area contributed by atoms with Gasteiger partial charge in [0.05, 0.1) is 11.7 Å². The number of likely N-dealkylation sites (N-methyl/N-ethyl adjacent to an activating group) is 1. The second-order valence-electron chi connectivity index (χ2n) is 7.22. The molecule has 0 radical (unpaired) electrons. The van der Waals surface area contributed by atoms with E-state index >= 15 is 0 Å². The van der Waals surface area contributed by atoms with Crippen LogP contribution in [0, 0.1) is 0 Å². The standard InChI is InChI=1S/C21H25N5O/c1-25-20(27)12-18(21(25)19-9-11-24-26(19)2)23-10-5-7-16-14-22-13-15-6-3-4-8-17(15)16/h3-4,6,8-9,11,13-14,18,21,23H,5,7,10,12H2,1-2H3/t18-,21-/m0/s1. The maximum atomic E-state index is 12.3. The van der Waals surface area contributed by atoms with Gasteiger partial charge in [-0.25, -0.2) is 0 Å². The molecule has 3 heterocycles. The number of carbonyl (C=O) groups excluding carboxylic acids is 1. The van der Waals surface area contributed by atoms with E-state index in [2.05, 4.69) is 33.6 Å². The van der Waals surface area contributed by atoms with Gasteiger partial charge < -0.3 is 10.2 Å². The number of hydrogen-bond donors (Lipinski definition) is 1. The third-order valence-corrected chi connectivity index (χ3v) is 5.53. The lowest BCUT2D eigenvalue weighted by Gasteiger charge is -2.25. The number of pyridine rings is 1. The predicted molar refractivity (Wildman–Crippen MR) is 105 cm³/mol. The molecule has 0 saturated carbocycles. The van der Waals surface area contributed by atoms with Crippen molar-refractivity contribution in [2.75, 3.05) is 13.6 Å². The van der Waals surface area contributed by atoms with E-state index in [0.29, 0.717) is 6.42 Å². The molecule has 6 nitrogen and oxygen atoms in total. The molecule has 0 spiro atoms. The Kier molecular flexibility index (Phi) is 4.90. The summed E-state index contributed by atoms with van der Waals surface area (Å²) in [4.78, 5) is 18.4. The first kappa shape index (κ1) is 17.7. The van der Waals surface area contributed by atoms with Crippen LogP contribution in [0.5, 0.6) is 0 Å². The number of nitrogens with one attached hydrogen (secondary N) is 1. The Morgan fingerprint density at radius 2 is 2.04 bits per heavy atom. The highest BCUT2D eigenvalue weighted by Gasteiger charge is 2.39. The first-order chi connectivity index (χ1) is 13.1. The minimum absolute atomic E-state index is 0.0317. The van der Waals surface area contributed by atoms with Crippen LogP contribution in [-0.2, 0) is 18.3 Å². The molecule has 1 N–H and O–H groups in total. The number of hydrogen-bond acceptors (Lipinski definition) is 4. The van der Waals surface area contributed by atoms with Crippen molar-refractivity contribution in [3.63, 3.8) is 0 Å². The normalized spacial score (nSPS) is 19.9. The molecule has 2 aromatic heterocycles. The smallest absolute Gasteiger partial charge is 0.224 e. The molecule has 0 unspecified atom stereocenters. The van der Waals surface area contributed by atoms with Crippen LogP contribution in [-0.4, -0.2) is 45.2 Å². The average molecular weight is 363 g/mol. The van der Waals surface area contributed by atoms with Crippen molar-refractivity contribution >= 4 is 16.7 Å². The molecule has 27 heavy (non-hydrogen) atoms. The van der Waals surface area contributed by atoms with Gasteiger partial charge in [-0.15, -0.1) is 0 Å². The Morgan fingerprint density at radius 1 is 1.19 bits per heavy atom. The van der Waals surface area contributed by atoms with Crippen molar-refractivity contribution in [1.29, 1.82) is 0 Å². The van der Waals surface area contributed by atoms with Crippen LogP contribution in [0.1, 0.15) is 30.1 Å². The summed E-state index contributed by atoms with van der Waals surface area (Å²) in [7, 11) is 3.81. The van der Waals surface area contributed by atoms with Crippen molar-refractivity contribution in [2.45, 2.75) is 31.3 Å². The number of likely N-dealkylation sites (tertiary alicyclic amines) is 1. The molecule has 1 amide bonds. The van der Waals surface area contributed by atoms with Gasteiger partial charge >= 0.3 is 0 Å². The zero-order chi connectivity index (χ0) is 18.8. The maximum Gasteiger partial charge on any atom is 0.224 e.